The first-order chi connectivity index (χ1) is 31.0. The molecule has 2 aromatic heterocycles. The van der Waals surface area contributed by atoms with Crippen molar-refractivity contribution in [3.8, 4) is 0 Å². The van der Waals surface area contributed by atoms with Gasteiger partial charge in [0.25, 0.3) is 0 Å². The molecular weight excluding hydrogens is 893 g/mol. The third-order valence-corrected chi connectivity index (χ3v) is 10.8. The number of amides is 2. The average Bonchev–Trinajstić information content (AvgIpc) is 3.99. The number of aromatic carboxylic acids is 1. The summed E-state index contributed by atoms with van der Waals surface area (Å²) in [5.74, 6) is -2.82. The van der Waals surface area contributed by atoms with Crippen molar-refractivity contribution in [1.29, 1.82) is 0 Å². The number of nitrogens with zero attached hydrogens (tertiary/aromatic N) is 6. The summed E-state index contributed by atoms with van der Waals surface area (Å²) in [7, 11) is 3.75. The normalized spacial score (nSPS) is 17.7. The topological polar surface area (TPSA) is 217 Å². The second kappa shape index (κ2) is 20.9. The number of rotatable bonds is 12. The van der Waals surface area contributed by atoms with E-state index in [1.54, 1.807) is 43.0 Å². The van der Waals surface area contributed by atoms with E-state index in [2.05, 4.69) is 20.5 Å². The number of ketones is 1. The van der Waals surface area contributed by atoms with Crippen molar-refractivity contribution < 1.29 is 60.3 Å². The molecule has 2 amide bonds. The molecule has 6 rings (SSSR count). The van der Waals surface area contributed by atoms with Crippen LogP contribution in [0.4, 0.5) is 26.3 Å². The Balaban J connectivity index is 0.000000251. The minimum atomic E-state index is -4.49. The van der Waals surface area contributed by atoms with Crippen LogP contribution in [0.3, 0.4) is 0 Å². The van der Waals surface area contributed by atoms with Crippen molar-refractivity contribution in [2.24, 2.45) is 30.1 Å². The smallest absolute Gasteiger partial charge is 0.405 e. The number of carbonyl (C=O) groups excluding carboxylic acids is 3. The van der Waals surface area contributed by atoms with Crippen LogP contribution in [0.15, 0.2) is 46.7 Å². The van der Waals surface area contributed by atoms with E-state index in [9.17, 15) is 50.6 Å². The molecular formula is C45H55F6N9O7. The SMILES string of the molecule is Cc1cc(C2(C)CC(c3cc(C)c(C(=O)CCC(=O)NCC(F)(F)F)c(C)c3)=NO2)n(C)n1.Cc1cc(C2(C)CC(c3cc(C)c(C(=O)O)c(C)c3)=NO2)n(C)n1.NCC(=O)NCC(F)(F)F. The molecule has 67 heavy (non-hydrogen) atoms. The second-order valence-corrected chi connectivity index (χ2v) is 16.8. The summed E-state index contributed by atoms with van der Waals surface area (Å²) < 4.78 is 74.1. The highest BCUT2D eigenvalue weighted by molar-refractivity contribution is 6.05. The van der Waals surface area contributed by atoms with Gasteiger partial charge in [0, 0.05) is 56.5 Å². The van der Waals surface area contributed by atoms with Crippen LogP contribution in [0.1, 0.15) is 116 Å². The summed E-state index contributed by atoms with van der Waals surface area (Å²) in [4.78, 5) is 57.3. The largest absolute Gasteiger partial charge is 0.478 e. The van der Waals surface area contributed by atoms with Crippen LogP contribution in [0, 0.1) is 41.5 Å². The maximum Gasteiger partial charge on any atom is 0.405 e. The first-order valence-corrected chi connectivity index (χ1v) is 20.8. The summed E-state index contributed by atoms with van der Waals surface area (Å²) in [6, 6.07) is 11.4. The fourth-order valence-corrected chi connectivity index (χ4v) is 7.82. The molecule has 2 unspecified atom stereocenters. The average molecular weight is 948 g/mol. The van der Waals surface area contributed by atoms with Crippen molar-refractivity contribution in [3.63, 3.8) is 0 Å². The number of nitrogens with two attached hydrogens (primary N) is 1. The highest BCUT2D eigenvalue weighted by Crippen LogP contribution is 2.38. The molecule has 22 heteroatoms. The van der Waals surface area contributed by atoms with E-state index in [0.717, 1.165) is 56.5 Å². The number of carbonyl (C=O) groups is 4. The van der Waals surface area contributed by atoms with Crippen LogP contribution in [0.25, 0.3) is 0 Å². The van der Waals surface area contributed by atoms with Gasteiger partial charge in [0.05, 0.1) is 46.3 Å². The van der Waals surface area contributed by atoms with Gasteiger partial charge in [0.1, 0.15) is 13.1 Å². The molecule has 4 aromatic rings. The molecule has 0 saturated heterocycles. The van der Waals surface area contributed by atoms with Crippen molar-refractivity contribution in [3.05, 3.63) is 104 Å². The lowest BCUT2D eigenvalue weighted by molar-refractivity contribution is -0.138. The molecule has 16 nitrogen and oxygen atoms in total. The minimum Gasteiger partial charge on any atom is -0.478 e. The highest BCUT2D eigenvalue weighted by Gasteiger charge is 2.41. The van der Waals surface area contributed by atoms with Gasteiger partial charge in [-0.25, -0.2) is 4.79 Å². The van der Waals surface area contributed by atoms with Crippen LogP contribution in [0.5, 0.6) is 0 Å². The molecule has 0 radical (unpaired) electrons. The van der Waals surface area contributed by atoms with Gasteiger partial charge in [-0.05, 0) is 114 Å². The van der Waals surface area contributed by atoms with Gasteiger partial charge in [-0.1, -0.05) is 10.3 Å². The van der Waals surface area contributed by atoms with Gasteiger partial charge in [-0.3, -0.25) is 23.7 Å². The number of carboxylic acids is 1. The van der Waals surface area contributed by atoms with Crippen LogP contribution in [-0.2, 0) is 44.6 Å². The number of Topliss-reactive ketones (excluding diaryl/α,β-unsaturated/α-hetero) is 1. The monoisotopic (exact) mass is 947 g/mol. The number of nitrogens with one attached hydrogen (secondary N) is 2. The van der Waals surface area contributed by atoms with E-state index in [4.69, 9.17) is 15.4 Å². The Bertz CT molecular complexity index is 2530. The lowest BCUT2D eigenvalue weighted by Gasteiger charge is -2.21. The van der Waals surface area contributed by atoms with E-state index in [1.165, 1.54) is 0 Å². The fraction of sp³-hybridized carbons (Fsp3) is 0.467. The van der Waals surface area contributed by atoms with Gasteiger partial charge in [-0.15, -0.1) is 0 Å². The third kappa shape index (κ3) is 14.0. The number of aryl methyl sites for hydroxylation is 8. The maximum absolute atomic E-state index is 12.7. The Morgan fingerprint density at radius 3 is 1.36 bits per heavy atom. The van der Waals surface area contributed by atoms with Gasteiger partial charge in [-0.2, -0.15) is 36.5 Å². The van der Waals surface area contributed by atoms with E-state index < -0.39 is 61.0 Å². The predicted molar refractivity (Wildman–Crippen MR) is 235 cm³/mol. The summed E-state index contributed by atoms with van der Waals surface area (Å²) in [6.45, 7) is 11.8. The van der Waals surface area contributed by atoms with Gasteiger partial charge in [0.15, 0.2) is 17.0 Å². The minimum absolute atomic E-state index is 0.174. The van der Waals surface area contributed by atoms with E-state index >= 15 is 0 Å². The number of halogens is 6. The predicted octanol–water partition coefficient (Wildman–Crippen LogP) is 6.73. The molecule has 2 aromatic carbocycles. The van der Waals surface area contributed by atoms with E-state index in [-0.39, 0.29) is 18.6 Å². The molecule has 2 aliphatic heterocycles. The molecule has 0 aliphatic carbocycles. The summed E-state index contributed by atoms with van der Waals surface area (Å²) in [6.07, 6.45) is -8.19. The molecule has 0 spiro atoms. The zero-order valence-corrected chi connectivity index (χ0v) is 38.8. The number of hydrogen-bond acceptors (Lipinski definition) is 11. The van der Waals surface area contributed by atoms with Crippen LogP contribution < -0.4 is 16.4 Å². The number of oxime groups is 2. The van der Waals surface area contributed by atoms with Crippen molar-refractivity contribution in [2.45, 2.75) is 105 Å². The number of hydrogen-bond donors (Lipinski definition) is 4. The molecule has 364 valence electrons. The van der Waals surface area contributed by atoms with Crippen LogP contribution >= 0.6 is 0 Å². The second-order valence-electron chi connectivity index (χ2n) is 16.8. The number of aromatic nitrogens is 4. The Kier molecular flexibility index (Phi) is 16.6. The van der Waals surface area contributed by atoms with E-state index in [0.29, 0.717) is 35.1 Å². The molecule has 2 atom stereocenters. The standard InChI is InChI=1S/C23H27F3N4O3.C18H21N3O3.C4H7F3N2O/c1-13-8-16(17-11-22(4,33-29-17)19-10-15(3)28-30(19)5)9-14(2)21(13)18(31)6-7-20(32)27-12-23(24,25)26;1-10-6-13(7-11(2)16(10)17(22)23)14-9-18(4,24-20-14)15-8-12(3)19-21(15)5;5-4(6,7)2-9-3(10)1-8/h8-10H,6-7,11-12H2,1-5H3,(H,27,32);6-8H,9H2,1-5H3,(H,22,23);1-2,8H2,(H,9,10). The van der Waals surface area contributed by atoms with Gasteiger partial charge in [0.2, 0.25) is 11.8 Å². The molecule has 4 heterocycles. The van der Waals surface area contributed by atoms with Crippen molar-refractivity contribution in [2.75, 3.05) is 19.6 Å². The highest BCUT2D eigenvalue weighted by atomic mass is 19.4. The van der Waals surface area contributed by atoms with Crippen LogP contribution in [-0.4, -0.2) is 91.6 Å². The van der Waals surface area contributed by atoms with Gasteiger partial charge < -0.3 is 31.1 Å². The Hall–Kier alpha value is -6.58. The Morgan fingerprint density at radius 2 is 1.03 bits per heavy atom. The quantitative estimate of drug-likeness (QED) is 0.0867. The Labute approximate surface area is 382 Å². The molecule has 2 aliphatic rings. The lowest BCUT2D eigenvalue weighted by atomic mass is 9.89. The molecule has 0 saturated carbocycles. The fourth-order valence-electron chi connectivity index (χ4n) is 7.82. The lowest BCUT2D eigenvalue weighted by Crippen LogP contribution is -2.37. The molecule has 0 bridgehead atoms. The van der Waals surface area contributed by atoms with Crippen LogP contribution in [0.2, 0.25) is 0 Å². The van der Waals surface area contributed by atoms with Crippen molar-refractivity contribution in [1.82, 2.24) is 30.2 Å². The van der Waals surface area contributed by atoms with Crippen molar-refractivity contribution >= 4 is 35.0 Å². The number of benzene rings is 2. The summed E-state index contributed by atoms with van der Waals surface area (Å²) >= 11 is 0. The van der Waals surface area contributed by atoms with E-state index in [1.807, 2.05) is 82.9 Å². The first-order valence-electron chi connectivity index (χ1n) is 20.8. The van der Waals surface area contributed by atoms with Gasteiger partial charge >= 0.3 is 18.3 Å². The Morgan fingerprint density at radius 1 is 0.657 bits per heavy atom. The first kappa shape index (κ1) is 53.0. The zero-order valence-electron chi connectivity index (χ0n) is 38.8. The number of carboxylic acid groups (broad SMARTS) is 1. The zero-order chi connectivity index (χ0) is 50.4. The molecule has 0 fully saturated rings. The summed E-state index contributed by atoms with van der Waals surface area (Å²) in [5, 5.41) is 30.0. The summed E-state index contributed by atoms with van der Waals surface area (Å²) in [5.41, 5.74) is 14.1. The molecule has 5 N–H and O–H groups in total. The number of alkyl halides is 6. The maximum atomic E-state index is 12.7. The third-order valence-electron chi connectivity index (χ3n) is 10.8.